The Morgan fingerprint density at radius 1 is 1.28 bits per heavy atom. The van der Waals surface area contributed by atoms with Crippen molar-refractivity contribution in [1.82, 2.24) is 0 Å². The van der Waals surface area contributed by atoms with Gasteiger partial charge in [0.1, 0.15) is 11.6 Å². The van der Waals surface area contributed by atoms with Gasteiger partial charge in [-0.3, -0.25) is 9.69 Å². The lowest BCUT2D eigenvalue weighted by atomic mass is 10.1. The van der Waals surface area contributed by atoms with E-state index in [1.807, 2.05) is 0 Å². The van der Waals surface area contributed by atoms with Gasteiger partial charge in [0.05, 0.1) is 11.4 Å². The van der Waals surface area contributed by atoms with Crippen LogP contribution >= 0.6 is 11.8 Å². The third-order valence-corrected chi connectivity index (χ3v) is 4.88. The van der Waals surface area contributed by atoms with E-state index in [2.05, 4.69) is 10.2 Å². The zero-order valence-electron chi connectivity index (χ0n) is 13.3. The molecule has 0 bridgehead atoms. The predicted molar refractivity (Wildman–Crippen MR) is 84.0 cm³/mol. The van der Waals surface area contributed by atoms with Gasteiger partial charge in [-0.05, 0) is 24.3 Å². The summed E-state index contributed by atoms with van der Waals surface area (Å²) < 4.78 is 67.4. The van der Waals surface area contributed by atoms with Crippen molar-refractivity contribution in [2.75, 3.05) is 10.7 Å². The van der Waals surface area contributed by atoms with Gasteiger partial charge < -0.3 is 0 Å². The summed E-state index contributed by atoms with van der Waals surface area (Å²) in [7, 11) is 0. The van der Waals surface area contributed by atoms with Crippen molar-refractivity contribution >= 4 is 23.9 Å². The second kappa shape index (κ2) is 7.11. The van der Waals surface area contributed by atoms with Crippen LogP contribution in [0.3, 0.4) is 0 Å². The number of halogens is 5. The van der Waals surface area contributed by atoms with Crippen LogP contribution in [0.25, 0.3) is 0 Å². The molecule has 25 heavy (non-hydrogen) atoms. The first kappa shape index (κ1) is 19.4. The molecule has 0 radical (unpaired) electrons. The number of thioether (sulfide) groups is 1. The third-order valence-electron chi connectivity index (χ3n) is 3.55. The molecule has 1 aliphatic rings. The molecule has 1 unspecified atom stereocenters. The quantitative estimate of drug-likeness (QED) is 0.514. The van der Waals surface area contributed by atoms with Crippen molar-refractivity contribution < 1.29 is 26.7 Å². The summed E-state index contributed by atoms with van der Waals surface area (Å²) in [6.07, 6.45) is -4.74. The van der Waals surface area contributed by atoms with E-state index in [-0.39, 0.29) is 12.8 Å². The van der Waals surface area contributed by atoms with E-state index in [0.717, 1.165) is 23.9 Å². The van der Waals surface area contributed by atoms with Gasteiger partial charge in [0.2, 0.25) is 6.41 Å². The first-order chi connectivity index (χ1) is 11.7. The van der Waals surface area contributed by atoms with E-state index < -0.39 is 39.8 Å². The highest BCUT2D eigenvalue weighted by molar-refractivity contribution is 8.00. The maximum Gasteiger partial charge on any atom is 0.437 e. The Hall–Kier alpha value is -1.97. The van der Waals surface area contributed by atoms with E-state index >= 15 is 0 Å². The molecule has 1 heterocycles. The number of hydrogen-bond donors (Lipinski definition) is 0. The van der Waals surface area contributed by atoms with Crippen LogP contribution in [-0.2, 0) is 4.79 Å². The van der Waals surface area contributed by atoms with E-state index in [1.54, 1.807) is 13.8 Å². The molecule has 0 aliphatic carbocycles. The largest absolute Gasteiger partial charge is 0.437 e. The number of carbonyl (C=O) groups excluding carboxylic acids is 1. The first-order valence-corrected chi connectivity index (χ1v) is 8.27. The summed E-state index contributed by atoms with van der Waals surface area (Å²) in [6.45, 7) is 3.30. The Labute approximate surface area is 144 Å². The molecule has 1 aromatic carbocycles. The van der Waals surface area contributed by atoms with Gasteiger partial charge in [0.25, 0.3) is 0 Å². The highest BCUT2D eigenvalue weighted by atomic mass is 32.2. The van der Waals surface area contributed by atoms with Crippen LogP contribution in [0.5, 0.6) is 0 Å². The molecule has 1 aromatic rings. The van der Waals surface area contributed by atoms with Crippen molar-refractivity contribution in [3.8, 4) is 0 Å². The number of carbonyl (C=O) groups is 1. The topological polar surface area (TPSA) is 45.0 Å². The number of benzene rings is 1. The highest BCUT2D eigenvalue weighted by Gasteiger charge is 2.51. The number of rotatable bonds is 6. The summed E-state index contributed by atoms with van der Waals surface area (Å²) in [5, 5.41) is 6.98. The van der Waals surface area contributed by atoms with Crippen LogP contribution in [0, 0.1) is 11.6 Å². The molecule has 0 saturated heterocycles. The maximum atomic E-state index is 14.1. The van der Waals surface area contributed by atoms with Gasteiger partial charge in [-0.15, -0.1) is 16.9 Å². The van der Waals surface area contributed by atoms with Crippen LogP contribution < -0.4 is 4.90 Å². The minimum atomic E-state index is -4.89. The van der Waals surface area contributed by atoms with Crippen molar-refractivity contribution in [3.05, 3.63) is 41.2 Å². The lowest BCUT2D eigenvalue weighted by Gasteiger charge is -2.32. The van der Waals surface area contributed by atoms with Gasteiger partial charge in [0.15, 0.2) is 10.6 Å². The number of hydrogen-bond acceptors (Lipinski definition) is 4. The molecule has 0 N–H and O–H groups in total. The van der Waals surface area contributed by atoms with Gasteiger partial charge in [0, 0.05) is 6.07 Å². The number of allylic oxidation sites excluding steroid dienone is 1. The number of anilines is 1. The number of alkyl halides is 3. The minimum absolute atomic E-state index is 0.0500. The molecular formula is C15H14F5N3OS. The predicted octanol–water partition coefficient (Wildman–Crippen LogP) is 5.03. The van der Waals surface area contributed by atoms with Gasteiger partial charge in [-0.2, -0.15) is 18.3 Å². The Bertz CT molecular complexity index is 734. The summed E-state index contributed by atoms with van der Waals surface area (Å²) in [5.41, 5.74) is -2.45. The second-order valence-corrected chi connectivity index (χ2v) is 6.58. The van der Waals surface area contributed by atoms with Crippen molar-refractivity contribution in [2.24, 2.45) is 10.2 Å². The first-order valence-electron chi connectivity index (χ1n) is 7.28. The molecule has 0 fully saturated rings. The molecule has 0 aromatic heterocycles. The molecule has 4 nitrogen and oxygen atoms in total. The normalized spacial score (nSPS) is 20.3. The van der Waals surface area contributed by atoms with Crippen molar-refractivity contribution in [1.29, 1.82) is 0 Å². The zero-order valence-corrected chi connectivity index (χ0v) is 14.1. The molecule has 0 saturated carbocycles. The van der Waals surface area contributed by atoms with Crippen molar-refractivity contribution in [2.45, 2.75) is 31.3 Å². The van der Waals surface area contributed by atoms with Crippen molar-refractivity contribution in [3.63, 3.8) is 0 Å². The zero-order chi connectivity index (χ0) is 18.8. The average Bonchev–Trinajstić information content (AvgIpc) is 2.90. The van der Waals surface area contributed by atoms with Crippen LogP contribution in [0.2, 0.25) is 0 Å². The van der Waals surface area contributed by atoms with Gasteiger partial charge in [-0.1, -0.05) is 13.8 Å². The number of nitrogens with zero attached hydrogens (tertiary/aromatic N) is 3. The Morgan fingerprint density at radius 2 is 1.96 bits per heavy atom. The fourth-order valence-corrected chi connectivity index (χ4v) is 3.60. The Kier molecular flexibility index (Phi) is 5.50. The Morgan fingerprint density at radius 3 is 2.44 bits per heavy atom. The van der Waals surface area contributed by atoms with Crippen LogP contribution in [0.4, 0.5) is 27.6 Å². The standard InChI is InChI=1S/C15H14F5N3OS/c1-3-14(25-4-2)13(12(21-22-14)15(18,19)20)23(8-24)11-6-5-9(16)7-10(11)17/h5-8H,3-4H2,1-2H3. The van der Waals surface area contributed by atoms with Gasteiger partial charge >= 0.3 is 6.18 Å². The lowest BCUT2D eigenvalue weighted by molar-refractivity contribution is -0.107. The monoisotopic (exact) mass is 379 g/mol. The fraction of sp³-hybridized carbons (Fsp3) is 0.400. The van der Waals surface area contributed by atoms with E-state index in [1.165, 1.54) is 0 Å². The number of amides is 1. The molecule has 1 aliphatic heterocycles. The molecule has 0 spiro atoms. The SMILES string of the molecule is CCSC1(CC)N=NC(C(F)(F)F)=C1N(C=O)c1ccc(F)cc1F. The third kappa shape index (κ3) is 3.53. The lowest BCUT2D eigenvalue weighted by Crippen LogP contribution is -2.37. The summed E-state index contributed by atoms with van der Waals surface area (Å²) in [4.78, 5) is 10.6. The van der Waals surface area contributed by atoms with Crippen LogP contribution in [-0.4, -0.2) is 23.2 Å². The molecule has 10 heteroatoms. The molecule has 136 valence electrons. The summed E-state index contributed by atoms with van der Waals surface area (Å²) in [5.74, 6) is -1.69. The molecule has 2 rings (SSSR count). The van der Waals surface area contributed by atoms with Crippen LogP contribution in [0.1, 0.15) is 20.3 Å². The highest BCUT2D eigenvalue weighted by Crippen LogP contribution is 2.50. The van der Waals surface area contributed by atoms with E-state index in [9.17, 15) is 26.7 Å². The second-order valence-electron chi connectivity index (χ2n) is 5.04. The smallest absolute Gasteiger partial charge is 0.279 e. The maximum absolute atomic E-state index is 14.1. The van der Waals surface area contributed by atoms with E-state index in [4.69, 9.17) is 0 Å². The molecule has 1 atom stereocenters. The average molecular weight is 379 g/mol. The molecule has 1 amide bonds. The fourth-order valence-electron chi connectivity index (χ4n) is 2.49. The van der Waals surface area contributed by atoms with E-state index in [0.29, 0.717) is 16.7 Å². The van der Waals surface area contributed by atoms with Crippen LogP contribution in [0.15, 0.2) is 39.8 Å². The summed E-state index contributed by atoms with van der Waals surface area (Å²) >= 11 is 1.05. The van der Waals surface area contributed by atoms with Gasteiger partial charge in [-0.25, -0.2) is 8.78 Å². The molecular weight excluding hydrogens is 365 g/mol. The summed E-state index contributed by atoms with van der Waals surface area (Å²) in [6, 6.07) is 2.24. The Balaban J connectivity index is 2.71. The minimum Gasteiger partial charge on any atom is -0.279 e. The number of azo groups is 1.